The lowest BCUT2D eigenvalue weighted by atomic mass is 9.72. The number of anilines is 6. The first kappa shape index (κ1) is 29.5. The number of rotatable bonds is 2. The molecule has 0 fully saturated rings. The van der Waals surface area contributed by atoms with Gasteiger partial charge in [0, 0.05) is 10.8 Å². The highest BCUT2D eigenvalue weighted by Gasteiger charge is 2.43. The SMILES string of the molecule is CC1(C)c2ccc(-c3ccc(-c4ccc5c(c4)C(C)(C)c4cccc6c4N5c4ccccc4O6)cc3)cc2N2c3ccccc3Oc3cccc1c32. The molecule has 0 bridgehead atoms. The zero-order valence-corrected chi connectivity index (χ0v) is 29.6. The molecule has 0 atom stereocenters. The average Bonchev–Trinajstić information content (AvgIpc) is 3.17. The normalized spacial score (nSPS) is 15.8. The first-order valence-corrected chi connectivity index (χ1v) is 18.1. The minimum Gasteiger partial charge on any atom is -0.453 e. The van der Waals surface area contributed by atoms with Crippen LogP contribution < -0.4 is 19.3 Å². The van der Waals surface area contributed by atoms with Crippen molar-refractivity contribution in [3.8, 4) is 45.3 Å². The van der Waals surface area contributed by atoms with Gasteiger partial charge in [-0.15, -0.1) is 0 Å². The maximum atomic E-state index is 6.45. The van der Waals surface area contributed by atoms with Crippen LogP contribution in [0.5, 0.6) is 23.0 Å². The number of ether oxygens (including phenoxy) is 2. The van der Waals surface area contributed by atoms with Gasteiger partial charge in [0.2, 0.25) is 0 Å². The monoisotopic (exact) mass is 672 g/mol. The number of hydrogen-bond acceptors (Lipinski definition) is 4. The van der Waals surface area contributed by atoms with Gasteiger partial charge in [0.25, 0.3) is 0 Å². The topological polar surface area (TPSA) is 24.9 Å². The highest BCUT2D eigenvalue weighted by Crippen LogP contribution is 2.61. The molecule has 4 nitrogen and oxygen atoms in total. The summed E-state index contributed by atoms with van der Waals surface area (Å²) in [6.45, 7) is 9.31. The van der Waals surface area contributed by atoms with Crippen LogP contribution in [0.15, 0.2) is 146 Å². The Morgan fingerprint density at radius 2 is 0.808 bits per heavy atom. The third-order valence-electron chi connectivity index (χ3n) is 11.8. The van der Waals surface area contributed by atoms with E-state index in [1.807, 2.05) is 12.1 Å². The van der Waals surface area contributed by atoms with Crippen LogP contribution in [0.3, 0.4) is 0 Å². The molecule has 4 aliphatic heterocycles. The van der Waals surface area contributed by atoms with E-state index < -0.39 is 0 Å². The van der Waals surface area contributed by atoms with Gasteiger partial charge in [-0.2, -0.15) is 0 Å². The van der Waals surface area contributed by atoms with Crippen molar-refractivity contribution in [2.75, 3.05) is 9.80 Å². The predicted molar refractivity (Wildman–Crippen MR) is 211 cm³/mol. The van der Waals surface area contributed by atoms with Gasteiger partial charge in [0.05, 0.1) is 34.1 Å². The second kappa shape index (κ2) is 10.2. The van der Waals surface area contributed by atoms with Crippen LogP contribution in [0, 0.1) is 0 Å². The van der Waals surface area contributed by atoms with Gasteiger partial charge in [0.1, 0.15) is 0 Å². The van der Waals surface area contributed by atoms with Crippen LogP contribution in [-0.4, -0.2) is 0 Å². The first-order valence-electron chi connectivity index (χ1n) is 18.1. The molecular formula is C48H36N2O2. The summed E-state index contributed by atoms with van der Waals surface area (Å²) >= 11 is 0. The van der Waals surface area contributed by atoms with E-state index in [4.69, 9.17) is 9.47 Å². The number of hydrogen-bond donors (Lipinski definition) is 0. The van der Waals surface area contributed by atoms with Crippen molar-refractivity contribution in [3.05, 3.63) is 168 Å². The fourth-order valence-corrected chi connectivity index (χ4v) is 9.10. The number of para-hydroxylation sites is 6. The summed E-state index contributed by atoms with van der Waals surface area (Å²) in [5.41, 5.74) is 16.4. The molecule has 0 N–H and O–H groups in total. The Morgan fingerprint density at radius 3 is 1.40 bits per heavy atom. The van der Waals surface area contributed by atoms with Crippen LogP contribution in [-0.2, 0) is 10.8 Å². The van der Waals surface area contributed by atoms with Crippen molar-refractivity contribution in [3.63, 3.8) is 0 Å². The van der Waals surface area contributed by atoms with Crippen molar-refractivity contribution in [1.82, 2.24) is 0 Å². The minimum absolute atomic E-state index is 0.180. The van der Waals surface area contributed by atoms with Gasteiger partial charge in [-0.25, -0.2) is 0 Å². The lowest BCUT2D eigenvalue weighted by Crippen LogP contribution is -2.32. The van der Waals surface area contributed by atoms with Gasteiger partial charge in [-0.3, -0.25) is 0 Å². The van der Waals surface area contributed by atoms with Crippen LogP contribution in [0.1, 0.15) is 49.9 Å². The quantitative estimate of drug-likeness (QED) is 0.182. The standard InChI is InChI=1S/C48H36N2O2/c1-47(2)33-25-23-32(28-40(33)50-39-14-6-8-16-42(39)52-44-18-9-11-34(47)46(44)50)30-21-19-29(20-22-30)31-24-26-37-36(27-31)48(3,4)35-12-10-17-43-45(35)49(37)38-13-5-7-15-41(38)51-43/h5-28H,1-4H3. The summed E-state index contributed by atoms with van der Waals surface area (Å²) in [5, 5.41) is 0. The molecule has 0 amide bonds. The summed E-state index contributed by atoms with van der Waals surface area (Å²) in [6, 6.07) is 52.6. The highest BCUT2D eigenvalue weighted by atomic mass is 16.5. The van der Waals surface area contributed by atoms with Crippen LogP contribution in [0.4, 0.5) is 34.1 Å². The van der Waals surface area contributed by atoms with Crippen molar-refractivity contribution in [2.24, 2.45) is 0 Å². The third kappa shape index (κ3) is 3.87. The van der Waals surface area contributed by atoms with Crippen molar-refractivity contribution < 1.29 is 9.47 Å². The summed E-state index contributed by atoms with van der Waals surface area (Å²) in [5.74, 6) is 3.57. The molecule has 7 aromatic carbocycles. The van der Waals surface area contributed by atoms with Crippen LogP contribution in [0.25, 0.3) is 22.3 Å². The van der Waals surface area contributed by atoms with Crippen molar-refractivity contribution >= 4 is 34.1 Å². The Morgan fingerprint density at radius 1 is 0.346 bits per heavy atom. The number of benzene rings is 7. The van der Waals surface area contributed by atoms with Gasteiger partial charge >= 0.3 is 0 Å². The first-order chi connectivity index (χ1) is 25.3. The van der Waals surface area contributed by atoms with Gasteiger partial charge in [-0.1, -0.05) is 119 Å². The third-order valence-corrected chi connectivity index (χ3v) is 11.8. The molecule has 11 rings (SSSR count). The lowest BCUT2D eigenvalue weighted by molar-refractivity contribution is 0.471. The van der Waals surface area contributed by atoms with E-state index in [0.29, 0.717) is 0 Å². The Hall–Kier alpha value is -6.26. The summed E-state index contributed by atoms with van der Waals surface area (Å²) in [6.07, 6.45) is 0. The molecule has 0 radical (unpaired) electrons. The maximum absolute atomic E-state index is 6.45. The van der Waals surface area contributed by atoms with Crippen LogP contribution in [0.2, 0.25) is 0 Å². The van der Waals surface area contributed by atoms with Gasteiger partial charge in [0.15, 0.2) is 23.0 Å². The van der Waals surface area contributed by atoms with E-state index in [-0.39, 0.29) is 10.8 Å². The molecule has 7 aromatic rings. The lowest BCUT2D eigenvalue weighted by Gasteiger charge is -2.45. The maximum Gasteiger partial charge on any atom is 0.151 e. The Balaban J connectivity index is 0.992. The van der Waals surface area contributed by atoms with E-state index in [0.717, 1.165) is 45.7 Å². The fourth-order valence-electron chi connectivity index (χ4n) is 9.10. The highest BCUT2D eigenvalue weighted by molar-refractivity contribution is 5.96. The summed E-state index contributed by atoms with van der Waals surface area (Å²) in [7, 11) is 0. The molecule has 0 saturated carbocycles. The molecule has 0 aliphatic carbocycles. The Labute approximate surface area is 304 Å². The van der Waals surface area contributed by atoms with Gasteiger partial charge in [-0.05, 0) is 99.1 Å². The molecule has 4 heterocycles. The van der Waals surface area contributed by atoms with E-state index in [1.54, 1.807) is 0 Å². The van der Waals surface area contributed by atoms with Crippen molar-refractivity contribution in [2.45, 2.75) is 38.5 Å². The van der Waals surface area contributed by atoms with Crippen LogP contribution >= 0.6 is 0 Å². The molecule has 0 spiro atoms. The Kier molecular flexibility index (Phi) is 5.76. The number of fused-ring (bicyclic) bond motifs is 8. The van der Waals surface area contributed by atoms with E-state index in [1.165, 1.54) is 55.9 Å². The Bertz CT molecular complexity index is 2650. The second-order valence-electron chi connectivity index (χ2n) is 15.4. The molecule has 4 heteroatoms. The molecule has 0 unspecified atom stereocenters. The zero-order valence-electron chi connectivity index (χ0n) is 29.6. The molecule has 250 valence electrons. The fraction of sp³-hybridized carbons (Fsp3) is 0.125. The molecular weight excluding hydrogens is 637 g/mol. The number of nitrogens with zero attached hydrogens (tertiary/aromatic N) is 2. The van der Waals surface area contributed by atoms with Gasteiger partial charge < -0.3 is 19.3 Å². The molecule has 52 heavy (non-hydrogen) atoms. The molecule has 0 aromatic heterocycles. The minimum atomic E-state index is -0.212. The predicted octanol–water partition coefficient (Wildman–Crippen LogP) is 13.5. The average molecular weight is 673 g/mol. The van der Waals surface area contributed by atoms with Crippen molar-refractivity contribution in [1.29, 1.82) is 0 Å². The summed E-state index contributed by atoms with van der Waals surface area (Å²) in [4.78, 5) is 4.80. The zero-order chi connectivity index (χ0) is 34.9. The molecule has 4 aliphatic rings. The van der Waals surface area contributed by atoms with E-state index >= 15 is 0 Å². The second-order valence-corrected chi connectivity index (χ2v) is 15.4. The largest absolute Gasteiger partial charge is 0.453 e. The smallest absolute Gasteiger partial charge is 0.151 e. The summed E-state index contributed by atoms with van der Waals surface area (Å²) < 4.78 is 12.9. The van der Waals surface area contributed by atoms with E-state index in [2.05, 4.69) is 171 Å². The van der Waals surface area contributed by atoms with E-state index in [9.17, 15) is 0 Å². The molecule has 0 saturated heterocycles.